The van der Waals surface area contributed by atoms with Crippen molar-refractivity contribution in [3.8, 4) is 0 Å². The molecule has 0 aliphatic heterocycles. The zero-order chi connectivity index (χ0) is 18.1. The Kier molecular flexibility index (Phi) is 5.02. The molecule has 0 aliphatic rings. The summed E-state index contributed by atoms with van der Waals surface area (Å²) in [6.07, 6.45) is 2.56. The van der Waals surface area contributed by atoms with Crippen LogP contribution in [0, 0.1) is 5.92 Å². The molecule has 1 amide bonds. The van der Waals surface area contributed by atoms with Gasteiger partial charge in [-0.15, -0.1) is 0 Å². The molecule has 0 saturated carbocycles. The Bertz CT molecular complexity index is 741. The first-order valence-corrected chi connectivity index (χ1v) is 8.14. The number of nitrogens with one attached hydrogen (secondary N) is 1. The van der Waals surface area contributed by atoms with Crippen molar-refractivity contribution in [2.24, 2.45) is 5.92 Å². The molecule has 0 spiro atoms. The molecule has 130 valence electrons. The summed E-state index contributed by atoms with van der Waals surface area (Å²) in [6.45, 7) is 10.2. The van der Waals surface area contributed by atoms with Crippen LogP contribution in [0.2, 0.25) is 0 Å². The van der Waals surface area contributed by atoms with E-state index in [4.69, 9.17) is 4.74 Å². The van der Waals surface area contributed by atoms with E-state index in [1.54, 1.807) is 0 Å². The van der Waals surface area contributed by atoms with Crippen molar-refractivity contribution in [1.82, 2.24) is 4.98 Å². The monoisotopic (exact) mass is 330 g/mol. The molecule has 1 aromatic heterocycles. The van der Waals surface area contributed by atoms with Crippen molar-refractivity contribution in [2.45, 2.75) is 46.1 Å². The fraction of sp³-hybridized carbons (Fsp3) is 0.474. The van der Waals surface area contributed by atoms with Crippen LogP contribution in [0.4, 0.5) is 5.69 Å². The fourth-order valence-electron chi connectivity index (χ4n) is 3.09. The number of anilines is 1. The Labute approximate surface area is 143 Å². The number of esters is 1. The van der Waals surface area contributed by atoms with Crippen LogP contribution in [-0.2, 0) is 19.7 Å². The number of fused-ring (bicyclic) bond motifs is 1. The van der Waals surface area contributed by atoms with Crippen molar-refractivity contribution in [3.63, 3.8) is 0 Å². The van der Waals surface area contributed by atoms with E-state index < -0.39 is 12.0 Å². The molecule has 1 heterocycles. The molecule has 5 nitrogen and oxygen atoms in total. The molecule has 1 aromatic carbocycles. The van der Waals surface area contributed by atoms with Crippen LogP contribution < -0.4 is 4.90 Å². The molecule has 24 heavy (non-hydrogen) atoms. The highest BCUT2D eigenvalue weighted by atomic mass is 16.5. The van der Waals surface area contributed by atoms with E-state index in [0.717, 1.165) is 16.5 Å². The Morgan fingerprint density at radius 2 is 1.92 bits per heavy atom. The Morgan fingerprint density at radius 1 is 1.25 bits per heavy atom. The molecule has 0 bridgehead atoms. The maximum absolute atomic E-state index is 12.2. The number of benzene rings is 1. The van der Waals surface area contributed by atoms with Gasteiger partial charge in [0.15, 0.2) is 0 Å². The Hall–Kier alpha value is -2.30. The summed E-state index contributed by atoms with van der Waals surface area (Å²) in [6, 6.07) is 5.19. The normalized spacial score (nSPS) is 13.1. The van der Waals surface area contributed by atoms with Crippen LogP contribution in [-0.4, -0.2) is 30.5 Å². The number of rotatable bonds is 5. The summed E-state index contributed by atoms with van der Waals surface area (Å²) >= 11 is 0. The van der Waals surface area contributed by atoms with Crippen molar-refractivity contribution in [2.75, 3.05) is 12.0 Å². The SMILES string of the molecule is COC(=O)[C@H](C(C)C)N(C=O)c1ccc(C(C)(C)C)c2[nH]ccc12. The molecule has 0 radical (unpaired) electrons. The van der Waals surface area contributed by atoms with Crippen LogP contribution in [0.5, 0.6) is 0 Å². The number of aromatic amines is 1. The van der Waals surface area contributed by atoms with Crippen LogP contribution in [0.25, 0.3) is 10.9 Å². The minimum atomic E-state index is -0.661. The molecule has 1 N–H and O–H groups in total. The van der Waals surface area contributed by atoms with E-state index in [1.807, 2.05) is 38.2 Å². The summed E-state index contributed by atoms with van der Waals surface area (Å²) in [5, 5.41) is 0.920. The van der Waals surface area contributed by atoms with Gasteiger partial charge in [0.05, 0.1) is 18.3 Å². The largest absolute Gasteiger partial charge is 0.467 e. The van der Waals surface area contributed by atoms with Crippen molar-refractivity contribution in [3.05, 3.63) is 30.0 Å². The minimum Gasteiger partial charge on any atom is -0.467 e. The fourth-order valence-corrected chi connectivity index (χ4v) is 3.09. The second-order valence-corrected chi connectivity index (χ2v) is 7.37. The summed E-state index contributed by atoms with van der Waals surface area (Å²) in [5.74, 6) is -0.486. The van der Waals surface area contributed by atoms with E-state index in [-0.39, 0.29) is 11.3 Å². The highest BCUT2D eigenvalue weighted by Crippen LogP contribution is 2.35. The van der Waals surface area contributed by atoms with E-state index in [0.29, 0.717) is 12.1 Å². The number of nitrogens with zero attached hydrogens (tertiary/aromatic N) is 1. The van der Waals surface area contributed by atoms with Crippen LogP contribution in [0.1, 0.15) is 40.2 Å². The lowest BCUT2D eigenvalue weighted by molar-refractivity contribution is -0.144. The number of hydrogen-bond donors (Lipinski definition) is 1. The second-order valence-electron chi connectivity index (χ2n) is 7.37. The molecule has 0 saturated heterocycles. The van der Waals surface area contributed by atoms with Gasteiger partial charge >= 0.3 is 5.97 Å². The Balaban J connectivity index is 2.64. The lowest BCUT2D eigenvalue weighted by atomic mass is 9.85. The summed E-state index contributed by atoms with van der Waals surface area (Å²) in [5.41, 5.74) is 2.82. The van der Waals surface area contributed by atoms with Crippen LogP contribution >= 0.6 is 0 Å². The van der Waals surface area contributed by atoms with E-state index >= 15 is 0 Å². The molecular weight excluding hydrogens is 304 g/mol. The molecule has 2 aromatic rings. The molecule has 0 fully saturated rings. The van der Waals surface area contributed by atoms with Crippen molar-refractivity contribution < 1.29 is 14.3 Å². The molecule has 2 rings (SSSR count). The third-order valence-corrected chi connectivity index (χ3v) is 4.27. The predicted octanol–water partition coefficient (Wildman–Crippen LogP) is 3.63. The number of hydrogen-bond acceptors (Lipinski definition) is 3. The molecule has 1 atom stereocenters. The quantitative estimate of drug-likeness (QED) is 0.673. The van der Waals surface area contributed by atoms with Gasteiger partial charge in [0.1, 0.15) is 6.04 Å². The Morgan fingerprint density at radius 3 is 2.42 bits per heavy atom. The molecule has 0 aliphatic carbocycles. The van der Waals surface area contributed by atoms with Crippen molar-refractivity contribution >= 4 is 29.0 Å². The molecule has 5 heteroatoms. The number of methoxy groups -OCH3 is 1. The van der Waals surface area contributed by atoms with Gasteiger partial charge in [0.25, 0.3) is 0 Å². The van der Waals surface area contributed by atoms with Crippen molar-refractivity contribution in [1.29, 1.82) is 0 Å². The first-order chi connectivity index (χ1) is 11.2. The minimum absolute atomic E-state index is 0.0343. The summed E-state index contributed by atoms with van der Waals surface area (Å²) in [7, 11) is 1.34. The third-order valence-electron chi connectivity index (χ3n) is 4.27. The number of aromatic nitrogens is 1. The summed E-state index contributed by atoms with van der Waals surface area (Å²) in [4.78, 5) is 28.8. The number of carbonyl (C=O) groups is 2. The van der Waals surface area contributed by atoms with Gasteiger partial charge in [-0.1, -0.05) is 40.7 Å². The highest BCUT2D eigenvalue weighted by molar-refractivity contribution is 6.01. The smallest absolute Gasteiger partial charge is 0.329 e. The van der Waals surface area contributed by atoms with Gasteiger partial charge in [-0.25, -0.2) is 4.79 Å². The average Bonchev–Trinajstić information content (AvgIpc) is 2.99. The standard InChI is InChI=1S/C19H26N2O3/c1-12(2)17(18(23)24-6)21(11-22)15-8-7-14(19(3,4)5)16-13(15)9-10-20-16/h7-12,17,20H,1-6H3/t17-/m0/s1. The molecular formula is C19H26N2O3. The maximum Gasteiger partial charge on any atom is 0.329 e. The predicted molar refractivity (Wildman–Crippen MR) is 96.2 cm³/mol. The van der Waals surface area contributed by atoms with Gasteiger partial charge in [-0.2, -0.15) is 0 Å². The van der Waals surface area contributed by atoms with E-state index in [9.17, 15) is 9.59 Å². The van der Waals surface area contributed by atoms with Gasteiger partial charge in [-0.3, -0.25) is 9.69 Å². The topological polar surface area (TPSA) is 62.4 Å². The number of carbonyl (C=O) groups excluding carboxylic acids is 2. The van der Waals surface area contributed by atoms with Gasteiger partial charge < -0.3 is 9.72 Å². The average molecular weight is 330 g/mol. The lowest BCUT2D eigenvalue weighted by Crippen LogP contribution is -2.45. The maximum atomic E-state index is 12.2. The molecule has 0 unspecified atom stereocenters. The van der Waals surface area contributed by atoms with E-state index in [1.165, 1.54) is 12.0 Å². The van der Waals surface area contributed by atoms with Gasteiger partial charge in [0.2, 0.25) is 6.41 Å². The number of amides is 1. The number of H-pyrrole nitrogens is 1. The van der Waals surface area contributed by atoms with Crippen LogP contribution in [0.3, 0.4) is 0 Å². The lowest BCUT2D eigenvalue weighted by Gasteiger charge is -2.30. The third kappa shape index (κ3) is 3.16. The second kappa shape index (κ2) is 6.67. The summed E-state index contributed by atoms with van der Waals surface area (Å²) < 4.78 is 4.90. The van der Waals surface area contributed by atoms with E-state index in [2.05, 4.69) is 25.8 Å². The number of ether oxygens (including phenoxy) is 1. The van der Waals surface area contributed by atoms with Gasteiger partial charge in [0, 0.05) is 11.6 Å². The van der Waals surface area contributed by atoms with Crippen LogP contribution in [0.15, 0.2) is 24.4 Å². The van der Waals surface area contributed by atoms with Gasteiger partial charge in [-0.05, 0) is 29.0 Å². The first kappa shape index (κ1) is 18.0. The zero-order valence-electron chi connectivity index (χ0n) is 15.2. The zero-order valence-corrected chi connectivity index (χ0v) is 15.2. The highest BCUT2D eigenvalue weighted by Gasteiger charge is 2.32. The first-order valence-electron chi connectivity index (χ1n) is 8.14.